The van der Waals surface area contributed by atoms with Crippen molar-refractivity contribution in [3.8, 4) is 0 Å². The fourth-order valence-corrected chi connectivity index (χ4v) is 1.20. The second kappa shape index (κ2) is 4.78. The molecule has 88 valence electrons. The summed E-state index contributed by atoms with van der Waals surface area (Å²) in [5, 5.41) is 2.70. The lowest BCUT2D eigenvalue weighted by atomic mass is 10.4. The summed E-state index contributed by atoms with van der Waals surface area (Å²) in [5.74, 6) is 1.16. The molecule has 1 amide bonds. The molecular weight excluding hydrogens is 206 g/mol. The van der Waals surface area contributed by atoms with Crippen molar-refractivity contribution < 1.29 is 4.79 Å². The molecule has 0 fully saturated rings. The van der Waals surface area contributed by atoms with Crippen LogP contribution in [0.2, 0.25) is 0 Å². The predicted molar refractivity (Wildman–Crippen MR) is 65.0 cm³/mol. The van der Waals surface area contributed by atoms with E-state index in [0.717, 1.165) is 0 Å². The summed E-state index contributed by atoms with van der Waals surface area (Å²) in [5.41, 5.74) is 0.614. The SMILES string of the molecule is CC(=O)Nc1cnc(N(C)C)nc1N(C)C. The Kier molecular flexibility index (Phi) is 3.65. The van der Waals surface area contributed by atoms with Gasteiger partial charge in [0.05, 0.1) is 6.20 Å². The van der Waals surface area contributed by atoms with Gasteiger partial charge < -0.3 is 15.1 Å². The van der Waals surface area contributed by atoms with E-state index in [4.69, 9.17) is 0 Å². The summed E-state index contributed by atoms with van der Waals surface area (Å²) in [4.78, 5) is 23.2. The molecule has 1 N–H and O–H groups in total. The molecule has 0 unspecified atom stereocenters. The first-order valence-electron chi connectivity index (χ1n) is 4.91. The van der Waals surface area contributed by atoms with Crippen molar-refractivity contribution in [2.45, 2.75) is 6.92 Å². The lowest BCUT2D eigenvalue weighted by Crippen LogP contribution is -2.19. The van der Waals surface area contributed by atoms with Crippen molar-refractivity contribution in [2.24, 2.45) is 0 Å². The monoisotopic (exact) mass is 223 g/mol. The molecule has 0 spiro atoms. The van der Waals surface area contributed by atoms with Crippen LogP contribution in [-0.4, -0.2) is 44.1 Å². The third-order valence-electron chi connectivity index (χ3n) is 1.89. The molecule has 1 aromatic heterocycles. The van der Waals surface area contributed by atoms with E-state index in [1.807, 2.05) is 38.0 Å². The van der Waals surface area contributed by atoms with Gasteiger partial charge in [0.1, 0.15) is 5.69 Å². The maximum atomic E-state index is 11.0. The Bertz CT molecular complexity index is 389. The maximum Gasteiger partial charge on any atom is 0.226 e. The molecule has 0 radical (unpaired) electrons. The standard InChI is InChI=1S/C10H17N5O/c1-7(16)12-8-6-11-10(15(4)5)13-9(8)14(2)3/h6H,1-5H3,(H,12,16). The van der Waals surface area contributed by atoms with Gasteiger partial charge >= 0.3 is 0 Å². The number of rotatable bonds is 3. The van der Waals surface area contributed by atoms with Gasteiger partial charge in [0, 0.05) is 35.1 Å². The summed E-state index contributed by atoms with van der Waals surface area (Å²) >= 11 is 0. The lowest BCUT2D eigenvalue weighted by molar-refractivity contribution is -0.114. The summed E-state index contributed by atoms with van der Waals surface area (Å²) in [7, 11) is 7.47. The van der Waals surface area contributed by atoms with E-state index in [2.05, 4.69) is 15.3 Å². The summed E-state index contributed by atoms with van der Waals surface area (Å²) in [6.07, 6.45) is 1.61. The Hall–Kier alpha value is -1.85. The van der Waals surface area contributed by atoms with E-state index < -0.39 is 0 Å². The van der Waals surface area contributed by atoms with E-state index >= 15 is 0 Å². The number of aromatic nitrogens is 2. The average Bonchev–Trinajstić information content (AvgIpc) is 2.16. The number of nitrogens with zero attached hydrogens (tertiary/aromatic N) is 4. The van der Waals surface area contributed by atoms with Gasteiger partial charge in [-0.3, -0.25) is 4.79 Å². The van der Waals surface area contributed by atoms with Crippen LogP contribution in [0.25, 0.3) is 0 Å². The molecule has 0 aliphatic heterocycles. The largest absolute Gasteiger partial charge is 0.361 e. The van der Waals surface area contributed by atoms with Crippen molar-refractivity contribution in [2.75, 3.05) is 43.3 Å². The molecule has 0 aliphatic rings. The quantitative estimate of drug-likeness (QED) is 0.811. The highest BCUT2D eigenvalue weighted by atomic mass is 16.1. The van der Waals surface area contributed by atoms with Gasteiger partial charge in [0.2, 0.25) is 11.9 Å². The molecule has 0 aromatic carbocycles. The highest BCUT2D eigenvalue weighted by Crippen LogP contribution is 2.22. The number of carbonyl (C=O) groups is 1. The van der Waals surface area contributed by atoms with Crippen LogP contribution in [0.1, 0.15) is 6.92 Å². The number of hydrogen-bond acceptors (Lipinski definition) is 5. The normalized spacial score (nSPS) is 9.81. The number of carbonyl (C=O) groups excluding carboxylic acids is 1. The third-order valence-corrected chi connectivity index (χ3v) is 1.89. The Morgan fingerprint density at radius 2 is 1.88 bits per heavy atom. The van der Waals surface area contributed by atoms with Crippen molar-refractivity contribution >= 4 is 23.4 Å². The van der Waals surface area contributed by atoms with Gasteiger partial charge in [-0.2, -0.15) is 4.98 Å². The van der Waals surface area contributed by atoms with Crippen LogP contribution in [0.15, 0.2) is 6.20 Å². The van der Waals surface area contributed by atoms with Gasteiger partial charge in [0.25, 0.3) is 0 Å². The second-order valence-electron chi connectivity index (χ2n) is 3.88. The predicted octanol–water partition coefficient (Wildman–Crippen LogP) is 0.567. The lowest BCUT2D eigenvalue weighted by Gasteiger charge is -2.18. The minimum absolute atomic E-state index is 0.135. The Morgan fingerprint density at radius 1 is 1.25 bits per heavy atom. The number of amides is 1. The van der Waals surface area contributed by atoms with Gasteiger partial charge in [-0.15, -0.1) is 0 Å². The van der Waals surface area contributed by atoms with Crippen molar-refractivity contribution in [3.63, 3.8) is 0 Å². The first-order chi connectivity index (χ1) is 7.41. The number of hydrogen-bond donors (Lipinski definition) is 1. The van der Waals surface area contributed by atoms with E-state index in [0.29, 0.717) is 17.5 Å². The zero-order valence-corrected chi connectivity index (χ0v) is 10.3. The molecule has 0 saturated heterocycles. The minimum atomic E-state index is -0.135. The maximum absolute atomic E-state index is 11.0. The molecule has 16 heavy (non-hydrogen) atoms. The summed E-state index contributed by atoms with van der Waals surface area (Å²) in [6.45, 7) is 1.46. The average molecular weight is 223 g/mol. The topological polar surface area (TPSA) is 61.4 Å². The molecule has 1 rings (SSSR count). The van der Waals surface area contributed by atoms with Crippen LogP contribution in [0, 0.1) is 0 Å². The van der Waals surface area contributed by atoms with E-state index in [1.165, 1.54) is 6.92 Å². The molecule has 0 saturated carbocycles. The highest BCUT2D eigenvalue weighted by Gasteiger charge is 2.11. The molecule has 1 heterocycles. The Labute approximate surface area is 95.3 Å². The highest BCUT2D eigenvalue weighted by molar-refractivity contribution is 5.91. The van der Waals surface area contributed by atoms with Gasteiger partial charge in [-0.25, -0.2) is 4.98 Å². The van der Waals surface area contributed by atoms with Crippen molar-refractivity contribution in [3.05, 3.63) is 6.20 Å². The van der Waals surface area contributed by atoms with Crippen LogP contribution >= 0.6 is 0 Å². The zero-order valence-electron chi connectivity index (χ0n) is 10.3. The van der Waals surface area contributed by atoms with E-state index in [9.17, 15) is 4.79 Å². The van der Waals surface area contributed by atoms with E-state index in [1.54, 1.807) is 6.20 Å². The third kappa shape index (κ3) is 2.82. The smallest absolute Gasteiger partial charge is 0.226 e. The molecule has 6 heteroatoms. The molecular formula is C10H17N5O. The fraction of sp³-hybridized carbons (Fsp3) is 0.500. The van der Waals surface area contributed by atoms with Crippen LogP contribution < -0.4 is 15.1 Å². The van der Waals surface area contributed by atoms with Gasteiger partial charge in [-0.05, 0) is 0 Å². The molecule has 0 aliphatic carbocycles. The molecule has 6 nitrogen and oxygen atoms in total. The minimum Gasteiger partial charge on any atom is -0.361 e. The fourth-order valence-electron chi connectivity index (χ4n) is 1.20. The molecule has 1 aromatic rings. The molecule has 0 atom stereocenters. The van der Waals surface area contributed by atoms with Crippen LogP contribution in [-0.2, 0) is 4.79 Å². The number of anilines is 3. The first-order valence-corrected chi connectivity index (χ1v) is 4.91. The summed E-state index contributed by atoms with van der Waals surface area (Å²) < 4.78 is 0. The van der Waals surface area contributed by atoms with Crippen LogP contribution in [0.5, 0.6) is 0 Å². The zero-order chi connectivity index (χ0) is 12.3. The van der Waals surface area contributed by atoms with Crippen molar-refractivity contribution in [1.29, 1.82) is 0 Å². The van der Waals surface area contributed by atoms with Crippen LogP contribution in [0.4, 0.5) is 17.5 Å². The Morgan fingerprint density at radius 3 is 2.31 bits per heavy atom. The summed E-state index contributed by atoms with van der Waals surface area (Å²) in [6, 6.07) is 0. The van der Waals surface area contributed by atoms with Gasteiger partial charge in [-0.1, -0.05) is 0 Å². The van der Waals surface area contributed by atoms with E-state index in [-0.39, 0.29) is 5.91 Å². The second-order valence-corrected chi connectivity index (χ2v) is 3.88. The van der Waals surface area contributed by atoms with Crippen molar-refractivity contribution in [1.82, 2.24) is 9.97 Å². The van der Waals surface area contributed by atoms with Gasteiger partial charge in [0.15, 0.2) is 5.82 Å². The number of nitrogens with one attached hydrogen (secondary N) is 1. The molecule has 0 bridgehead atoms. The Balaban J connectivity index is 3.14. The van der Waals surface area contributed by atoms with Crippen LogP contribution in [0.3, 0.4) is 0 Å². The first kappa shape index (κ1) is 12.2.